The molecular weight excluding hydrogens is 144 g/mol. The van der Waals surface area contributed by atoms with E-state index in [-0.39, 0.29) is 0 Å². The zero-order valence-corrected chi connectivity index (χ0v) is 9.14. The van der Waals surface area contributed by atoms with Crippen molar-refractivity contribution in [2.24, 2.45) is 23.7 Å². The molecule has 12 heavy (non-hydrogen) atoms. The molecule has 0 aromatic rings. The molecule has 0 N–H and O–H groups in total. The molecule has 72 valence electrons. The smallest absolute Gasteiger partial charge is 0.0363 e. The van der Waals surface area contributed by atoms with Gasteiger partial charge in [0.05, 0.1) is 0 Å². The van der Waals surface area contributed by atoms with E-state index >= 15 is 0 Å². The molecule has 0 nitrogen and oxygen atoms in total. The largest absolute Gasteiger partial charge is 0.0654 e. The first-order valence-electron chi connectivity index (χ1n) is 5.66. The Kier molecular flexibility index (Phi) is 3.61. The van der Waals surface area contributed by atoms with Crippen molar-refractivity contribution >= 4 is 0 Å². The van der Waals surface area contributed by atoms with Gasteiger partial charge in [-0.05, 0) is 36.5 Å². The third-order valence-corrected chi connectivity index (χ3v) is 3.52. The van der Waals surface area contributed by atoms with Gasteiger partial charge in [0.25, 0.3) is 0 Å². The van der Waals surface area contributed by atoms with Crippen molar-refractivity contribution in [3.05, 3.63) is 0 Å². The summed E-state index contributed by atoms with van der Waals surface area (Å²) in [5.74, 6) is 3.96. The summed E-state index contributed by atoms with van der Waals surface area (Å²) >= 11 is 0. The molecule has 1 aliphatic rings. The van der Waals surface area contributed by atoms with E-state index in [1.165, 1.54) is 25.7 Å². The maximum atomic E-state index is 2.47. The van der Waals surface area contributed by atoms with Crippen LogP contribution in [-0.2, 0) is 0 Å². The molecule has 0 heterocycles. The Morgan fingerprint density at radius 1 is 1.17 bits per heavy atom. The first-order chi connectivity index (χ1) is 5.66. The minimum absolute atomic E-state index is 0.889. The Morgan fingerprint density at radius 2 is 1.75 bits per heavy atom. The summed E-state index contributed by atoms with van der Waals surface area (Å²) in [4.78, 5) is 0. The van der Waals surface area contributed by atoms with Crippen molar-refractivity contribution < 1.29 is 0 Å². The van der Waals surface area contributed by atoms with E-state index in [1.54, 1.807) is 0 Å². The van der Waals surface area contributed by atoms with Crippen LogP contribution in [0.1, 0.15) is 53.4 Å². The van der Waals surface area contributed by atoms with E-state index in [2.05, 4.69) is 27.7 Å². The van der Waals surface area contributed by atoms with E-state index in [0.717, 1.165) is 23.7 Å². The summed E-state index contributed by atoms with van der Waals surface area (Å²) in [6, 6.07) is 0. The van der Waals surface area contributed by atoms with Gasteiger partial charge in [0.15, 0.2) is 0 Å². The van der Waals surface area contributed by atoms with Gasteiger partial charge in [-0.2, -0.15) is 0 Å². The Hall–Kier alpha value is 0. The van der Waals surface area contributed by atoms with Gasteiger partial charge < -0.3 is 0 Å². The SMILES string of the molecule is CCCC(C(C)C)C(C)C1CC1. The normalized spacial score (nSPS) is 22.8. The van der Waals surface area contributed by atoms with E-state index in [4.69, 9.17) is 0 Å². The molecule has 0 amide bonds. The number of hydrogen-bond acceptors (Lipinski definition) is 0. The summed E-state index contributed by atoms with van der Waals surface area (Å²) < 4.78 is 0. The topological polar surface area (TPSA) is 0 Å². The van der Waals surface area contributed by atoms with Gasteiger partial charge in [-0.1, -0.05) is 40.5 Å². The minimum atomic E-state index is 0.889. The lowest BCUT2D eigenvalue weighted by Crippen LogP contribution is -2.19. The lowest BCUT2D eigenvalue weighted by atomic mass is 9.79. The van der Waals surface area contributed by atoms with Gasteiger partial charge in [-0.15, -0.1) is 0 Å². The quantitative estimate of drug-likeness (QED) is 0.579. The van der Waals surface area contributed by atoms with Crippen molar-refractivity contribution in [2.75, 3.05) is 0 Å². The highest BCUT2D eigenvalue weighted by molar-refractivity contribution is 4.83. The standard InChI is InChI=1S/C12H24/c1-5-6-12(9(2)3)10(4)11-7-8-11/h9-12H,5-8H2,1-4H3. The second kappa shape index (κ2) is 4.30. The molecule has 1 aliphatic carbocycles. The summed E-state index contributed by atoms with van der Waals surface area (Å²) in [6.45, 7) is 9.56. The van der Waals surface area contributed by atoms with Crippen LogP contribution in [0.25, 0.3) is 0 Å². The van der Waals surface area contributed by atoms with Crippen molar-refractivity contribution in [1.29, 1.82) is 0 Å². The lowest BCUT2D eigenvalue weighted by molar-refractivity contribution is 0.228. The highest BCUT2D eigenvalue weighted by Gasteiger charge is 2.33. The maximum absolute atomic E-state index is 2.47. The van der Waals surface area contributed by atoms with Gasteiger partial charge >= 0.3 is 0 Å². The minimum Gasteiger partial charge on any atom is -0.0654 e. The molecule has 0 aliphatic heterocycles. The maximum Gasteiger partial charge on any atom is -0.0363 e. The second-order valence-corrected chi connectivity index (χ2v) is 4.89. The molecule has 1 fully saturated rings. The van der Waals surface area contributed by atoms with Crippen LogP contribution >= 0.6 is 0 Å². The Labute approximate surface area is 77.7 Å². The zero-order valence-electron chi connectivity index (χ0n) is 9.14. The van der Waals surface area contributed by atoms with Crippen LogP contribution in [0.15, 0.2) is 0 Å². The highest BCUT2D eigenvalue weighted by atomic mass is 14.4. The average Bonchev–Trinajstić information content (AvgIpc) is 2.80. The Bertz CT molecular complexity index is 122. The second-order valence-electron chi connectivity index (χ2n) is 4.89. The molecule has 2 atom stereocenters. The Morgan fingerprint density at radius 3 is 2.08 bits per heavy atom. The van der Waals surface area contributed by atoms with E-state index in [9.17, 15) is 0 Å². The molecule has 1 rings (SSSR count). The molecule has 2 unspecified atom stereocenters. The predicted molar refractivity (Wildman–Crippen MR) is 55.1 cm³/mol. The summed E-state index contributed by atoms with van der Waals surface area (Å²) in [5, 5.41) is 0. The molecule has 0 radical (unpaired) electrons. The van der Waals surface area contributed by atoms with Crippen LogP contribution in [0.5, 0.6) is 0 Å². The molecule has 0 aromatic carbocycles. The number of hydrogen-bond donors (Lipinski definition) is 0. The molecule has 1 saturated carbocycles. The van der Waals surface area contributed by atoms with Gasteiger partial charge in [0.1, 0.15) is 0 Å². The van der Waals surface area contributed by atoms with Gasteiger partial charge in [-0.3, -0.25) is 0 Å². The fourth-order valence-electron chi connectivity index (χ4n) is 2.51. The summed E-state index contributed by atoms with van der Waals surface area (Å²) in [7, 11) is 0. The van der Waals surface area contributed by atoms with E-state index in [0.29, 0.717) is 0 Å². The molecule has 0 bridgehead atoms. The van der Waals surface area contributed by atoms with Crippen LogP contribution in [0.3, 0.4) is 0 Å². The van der Waals surface area contributed by atoms with E-state index in [1.807, 2.05) is 0 Å². The first kappa shape index (κ1) is 10.1. The fraction of sp³-hybridized carbons (Fsp3) is 1.00. The molecule has 0 saturated heterocycles. The first-order valence-corrected chi connectivity index (χ1v) is 5.66. The van der Waals surface area contributed by atoms with E-state index < -0.39 is 0 Å². The summed E-state index contributed by atoms with van der Waals surface area (Å²) in [5.41, 5.74) is 0. The predicted octanol–water partition coefficient (Wildman–Crippen LogP) is 4.10. The van der Waals surface area contributed by atoms with Gasteiger partial charge in [-0.25, -0.2) is 0 Å². The third kappa shape index (κ3) is 2.50. The lowest BCUT2D eigenvalue weighted by Gasteiger charge is -2.27. The molecule has 0 heteroatoms. The van der Waals surface area contributed by atoms with Crippen LogP contribution < -0.4 is 0 Å². The summed E-state index contributed by atoms with van der Waals surface area (Å²) in [6.07, 6.45) is 5.82. The monoisotopic (exact) mass is 168 g/mol. The highest BCUT2D eigenvalue weighted by Crippen LogP contribution is 2.43. The molecular formula is C12H24. The average molecular weight is 168 g/mol. The van der Waals surface area contributed by atoms with Crippen LogP contribution in [0, 0.1) is 23.7 Å². The van der Waals surface area contributed by atoms with Gasteiger partial charge in [0.2, 0.25) is 0 Å². The van der Waals surface area contributed by atoms with Crippen molar-refractivity contribution in [2.45, 2.75) is 53.4 Å². The fourth-order valence-corrected chi connectivity index (χ4v) is 2.51. The van der Waals surface area contributed by atoms with Crippen LogP contribution in [0.4, 0.5) is 0 Å². The van der Waals surface area contributed by atoms with Gasteiger partial charge in [0, 0.05) is 0 Å². The van der Waals surface area contributed by atoms with Crippen molar-refractivity contribution in [3.8, 4) is 0 Å². The Balaban J connectivity index is 2.39. The van der Waals surface area contributed by atoms with Crippen molar-refractivity contribution in [1.82, 2.24) is 0 Å². The number of rotatable bonds is 5. The van der Waals surface area contributed by atoms with Crippen LogP contribution in [0.2, 0.25) is 0 Å². The zero-order chi connectivity index (χ0) is 9.14. The third-order valence-electron chi connectivity index (χ3n) is 3.52. The molecule has 0 aromatic heterocycles. The molecule has 0 spiro atoms. The van der Waals surface area contributed by atoms with Crippen LogP contribution in [-0.4, -0.2) is 0 Å². The van der Waals surface area contributed by atoms with Crippen molar-refractivity contribution in [3.63, 3.8) is 0 Å².